The molecule has 0 aliphatic heterocycles. The highest BCUT2D eigenvalue weighted by Gasteiger charge is 2.27. The molecule has 2 atom stereocenters. The predicted octanol–water partition coefficient (Wildman–Crippen LogP) is 12.0. The van der Waals surface area contributed by atoms with Gasteiger partial charge in [0.15, 0.2) is 6.10 Å². The van der Waals surface area contributed by atoms with Gasteiger partial charge in [-0.05, 0) is 64.2 Å². The lowest BCUT2D eigenvalue weighted by Crippen LogP contribution is -2.37. The van der Waals surface area contributed by atoms with E-state index in [1.54, 1.807) is 0 Å². The van der Waals surface area contributed by atoms with E-state index in [2.05, 4.69) is 38.2 Å². The summed E-state index contributed by atoms with van der Waals surface area (Å²) >= 11 is 0. The quantitative estimate of drug-likeness (QED) is 0.0216. The summed E-state index contributed by atoms with van der Waals surface area (Å²) in [6, 6.07) is 0. The summed E-state index contributed by atoms with van der Waals surface area (Å²) in [5.41, 5.74) is 0. The lowest BCUT2D eigenvalue weighted by molar-refractivity contribution is -0.870. The summed E-state index contributed by atoms with van der Waals surface area (Å²) in [5.74, 6) is -0.809. The third-order valence-electron chi connectivity index (χ3n) is 9.20. The van der Waals surface area contributed by atoms with E-state index >= 15 is 0 Å². The maximum Gasteiger partial charge on any atom is 0.472 e. The number of esters is 2. The van der Waals surface area contributed by atoms with E-state index in [9.17, 15) is 19.0 Å². The second-order valence-corrected chi connectivity index (χ2v) is 17.2. The van der Waals surface area contributed by atoms with E-state index in [-0.39, 0.29) is 32.0 Å². The largest absolute Gasteiger partial charge is 0.472 e. The Morgan fingerprint density at radius 3 is 1.43 bits per heavy atom. The monoisotopic (exact) mass is 773 g/mol. The lowest BCUT2D eigenvalue weighted by Gasteiger charge is -2.24. The molecular weight excluding hydrogens is 689 g/mol. The molecule has 0 fully saturated rings. The second-order valence-electron chi connectivity index (χ2n) is 15.7. The van der Waals surface area contributed by atoms with Gasteiger partial charge >= 0.3 is 19.8 Å². The Labute approximate surface area is 326 Å². The number of rotatable bonds is 39. The molecular formula is C43H83NO8P+. The predicted molar refractivity (Wildman–Crippen MR) is 220 cm³/mol. The molecule has 0 aromatic carbocycles. The molecule has 53 heavy (non-hydrogen) atoms. The van der Waals surface area contributed by atoms with E-state index in [0.717, 1.165) is 51.4 Å². The average molecular weight is 773 g/mol. The number of hydrogen-bond acceptors (Lipinski definition) is 7. The van der Waals surface area contributed by atoms with E-state index in [1.165, 1.54) is 103 Å². The molecule has 0 saturated heterocycles. The first kappa shape index (κ1) is 51.5. The topological polar surface area (TPSA) is 108 Å². The van der Waals surface area contributed by atoms with E-state index in [4.69, 9.17) is 18.5 Å². The summed E-state index contributed by atoms with van der Waals surface area (Å²) in [7, 11) is 1.47. The number of unbranched alkanes of at least 4 members (excludes halogenated alkanes) is 21. The number of phosphoric ester groups is 1. The van der Waals surface area contributed by atoms with Crippen LogP contribution < -0.4 is 0 Å². The summed E-state index contributed by atoms with van der Waals surface area (Å²) in [4.78, 5) is 35.3. The van der Waals surface area contributed by atoms with Crippen LogP contribution in [-0.4, -0.2) is 74.9 Å². The summed E-state index contributed by atoms with van der Waals surface area (Å²) < 4.78 is 34.2. The molecule has 0 spiro atoms. The van der Waals surface area contributed by atoms with Crippen molar-refractivity contribution in [2.45, 2.75) is 193 Å². The number of allylic oxidation sites excluding steroid dienone is 4. The van der Waals surface area contributed by atoms with Crippen LogP contribution in [0.25, 0.3) is 0 Å². The lowest BCUT2D eigenvalue weighted by atomic mass is 10.1. The smallest absolute Gasteiger partial charge is 0.462 e. The fourth-order valence-electron chi connectivity index (χ4n) is 5.77. The first-order valence-electron chi connectivity index (χ1n) is 21.6. The summed E-state index contributed by atoms with van der Waals surface area (Å²) in [5, 5.41) is 0. The molecule has 0 aliphatic rings. The molecule has 10 heteroatoms. The van der Waals surface area contributed by atoms with Crippen molar-refractivity contribution in [3.8, 4) is 0 Å². The van der Waals surface area contributed by atoms with E-state index in [1.807, 2.05) is 21.1 Å². The van der Waals surface area contributed by atoms with Gasteiger partial charge in [-0.2, -0.15) is 0 Å². The first-order chi connectivity index (χ1) is 25.5. The second kappa shape index (κ2) is 36.1. The average Bonchev–Trinajstić information content (AvgIpc) is 3.10. The minimum Gasteiger partial charge on any atom is -0.462 e. The summed E-state index contributed by atoms with van der Waals surface area (Å²) in [6.45, 7) is 4.38. The van der Waals surface area contributed by atoms with Gasteiger partial charge in [-0.1, -0.05) is 134 Å². The zero-order valence-corrected chi connectivity index (χ0v) is 35.9. The minimum absolute atomic E-state index is 0.0309. The van der Waals surface area contributed by atoms with Gasteiger partial charge in [0.25, 0.3) is 0 Å². The van der Waals surface area contributed by atoms with Gasteiger partial charge in [-0.3, -0.25) is 18.6 Å². The third kappa shape index (κ3) is 40.0. The third-order valence-corrected chi connectivity index (χ3v) is 10.2. The molecule has 0 amide bonds. The first-order valence-corrected chi connectivity index (χ1v) is 23.1. The Kier molecular flexibility index (Phi) is 35.1. The van der Waals surface area contributed by atoms with Crippen LogP contribution in [0.3, 0.4) is 0 Å². The maximum atomic E-state index is 12.6. The minimum atomic E-state index is -4.37. The number of ether oxygens (including phenoxy) is 2. The number of carbonyl (C=O) groups excluding carboxylic acids is 2. The molecule has 0 aromatic heterocycles. The van der Waals surface area contributed by atoms with Gasteiger partial charge in [-0.25, -0.2) is 4.57 Å². The van der Waals surface area contributed by atoms with Crippen LogP contribution in [0.5, 0.6) is 0 Å². The molecule has 0 aliphatic carbocycles. The number of phosphoric acid groups is 1. The highest BCUT2D eigenvalue weighted by atomic mass is 31.2. The standard InChI is InChI=1S/C43H82NO8P/c1-6-8-10-12-14-16-18-20-21-22-23-24-26-27-29-31-33-35-42(45)49-39-41(40-51-53(47,48)50-38-37-44(3,4)5)52-43(46)36-34-32-30-28-25-19-17-15-13-11-9-7-2/h15-18,41H,6-14,19-40H2,1-5H3/p+1/b17-15+,18-16+/t41-/m0/s1. The van der Waals surface area contributed by atoms with Gasteiger partial charge in [0.05, 0.1) is 27.7 Å². The SMILES string of the molecule is CCCCC/C=C/CCCCCCCC(=O)O[C@@H](COC(=O)CCCCCCCCCCC/C=C/CCCCCC)COP(=O)(O)OCC[N+](C)(C)C. The molecule has 0 aromatic rings. The van der Waals surface area contributed by atoms with Crippen molar-refractivity contribution in [2.24, 2.45) is 0 Å². The van der Waals surface area contributed by atoms with Crippen molar-refractivity contribution in [2.75, 3.05) is 47.5 Å². The molecule has 0 rings (SSSR count). The number of hydrogen-bond donors (Lipinski definition) is 1. The van der Waals surface area contributed by atoms with Crippen molar-refractivity contribution >= 4 is 19.8 Å². The van der Waals surface area contributed by atoms with Crippen molar-refractivity contribution in [1.29, 1.82) is 0 Å². The van der Waals surface area contributed by atoms with Gasteiger partial charge in [0.2, 0.25) is 0 Å². The Bertz CT molecular complexity index is 964. The van der Waals surface area contributed by atoms with Gasteiger partial charge in [0.1, 0.15) is 19.8 Å². The van der Waals surface area contributed by atoms with Gasteiger partial charge in [0, 0.05) is 12.8 Å². The van der Waals surface area contributed by atoms with E-state index in [0.29, 0.717) is 17.4 Å². The van der Waals surface area contributed by atoms with Crippen molar-refractivity contribution in [1.82, 2.24) is 0 Å². The van der Waals surface area contributed by atoms with Crippen molar-refractivity contribution < 1.29 is 42.1 Å². The Morgan fingerprint density at radius 1 is 0.566 bits per heavy atom. The molecule has 0 radical (unpaired) electrons. The number of likely N-dealkylation sites (N-methyl/N-ethyl adjacent to an activating group) is 1. The van der Waals surface area contributed by atoms with Crippen molar-refractivity contribution in [3.63, 3.8) is 0 Å². The molecule has 312 valence electrons. The van der Waals surface area contributed by atoms with Crippen LogP contribution in [0.1, 0.15) is 187 Å². The molecule has 1 N–H and O–H groups in total. The zero-order chi connectivity index (χ0) is 39.3. The fraction of sp³-hybridized carbons (Fsp3) is 0.860. The van der Waals surface area contributed by atoms with Crippen LogP contribution in [0, 0.1) is 0 Å². The maximum absolute atomic E-state index is 12.6. The molecule has 0 bridgehead atoms. The molecule has 1 unspecified atom stereocenters. The normalized spacial score (nSPS) is 13.8. The number of quaternary nitrogens is 1. The Balaban J connectivity index is 4.34. The highest BCUT2D eigenvalue weighted by Crippen LogP contribution is 2.43. The Morgan fingerprint density at radius 2 is 0.962 bits per heavy atom. The van der Waals surface area contributed by atoms with Crippen LogP contribution >= 0.6 is 7.82 Å². The Hall–Kier alpha value is -1.51. The zero-order valence-electron chi connectivity index (χ0n) is 35.0. The fourth-order valence-corrected chi connectivity index (χ4v) is 6.51. The highest BCUT2D eigenvalue weighted by molar-refractivity contribution is 7.47. The van der Waals surface area contributed by atoms with Crippen LogP contribution in [0.15, 0.2) is 24.3 Å². The van der Waals surface area contributed by atoms with E-state index < -0.39 is 26.5 Å². The van der Waals surface area contributed by atoms with Gasteiger partial charge in [-0.15, -0.1) is 0 Å². The van der Waals surface area contributed by atoms with Crippen LogP contribution in [0.2, 0.25) is 0 Å². The number of carbonyl (C=O) groups is 2. The number of nitrogens with zero attached hydrogens (tertiary/aromatic N) is 1. The van der Waals surface area contributed by atoms with Crippen LogP contribution in [0.4, 0.5) is 0 Å². The van der Waals surface area contributed by atoms with Gasteiger partial charge < -0.3 is 18.9 Å². The van der Waals surface area contributed by atoms with Crippen LogP contribution in [-0.2, 0) is 32.7 Å². The van der Waals surface area contributed by atoms with Crippen molar-refractivity contribution in [3.05, 3.63) is 24.3 Å². The summed E-state index contributed by atoms with van der Waals surface area (Å²) in [6.07, 6.45) is 37.9. The molecule has 0 saturated carbocycles. The molecule has 0 heterocycles. The molecule has 9 nitrogen and oxygen atoms in total.